The van der Waals surface area contributed by atoms with Gasteiger partial charge in [0.15, 0.2) is 0 Å². The summed E-state index contributed by atoms with van der Waals surface area (Å²) in [4.78, 5) is 18.4. The van der Waals surface area contributed by atoms with Crippen LogP contribution in [-0.2, 0) is 0 Å². The van der Waals surface area contributed by atoms with Crippen LogP contribution in [0.2, 0.25) is 0 Å². The van der Waals surface area contributed by atoms with Crippen molar-refractivity contribution in [1.29, 1.82) is 0 Å². The van der Waals surface area contributed by atoms with Crippen LogP contribution in [0, 0.1) is 0 Å². The van der Waals surface area contributed by atoms with Crippen molar-refractivity contribution in [3.63, 3.8) is 0 Å². The minimum absolute atomic E-state index is 0. The Balaban J connectivity index is 0.00000176. The topological polar surface area (TPSA) is 45.2 Å². The SMILES string of the molecule is Cl.O=C(Nc1ccc(N2CCCCC2)cc1)c1cccnc1. The van der Waals surface area contributed by atoms with Gasteiger partial charge in [0.1, 0.15) is 0 Å². The molecule has 1 fully saturated rings. The highest BCUT2D eigenvalue weighted by Gasteiger charge is 2.11. The van der Waals surface area contributed by atoms with Gasteiger partial charge in [-0.2, -0.15) is 0 Å². The van der Waals surface area contributed by atoms with Crippen molar-refractivity contribution in [2.45, 2.75) is 19.3 Å². The molecule has 1 saturated heterocycles. The standard InChI is InChI=1S/C17H19N3O.ClH/c21-17(14-5-4-10-18-13-14)19-15-6-8-16(9-7-15)20-11-2-1-3-12-20;/h4-10,13H,1-3,11-12H2,(H,19,21);1H. The van der Waals surface area contributed by atoms with E-state index < -0.39 is 0 Å². The summed E-state index contributed by atoms with van der Waals surface area (Å²) in [6.45, 7) is 2.25. The summed E-state index contributed by atoms with van der Waals surface area (Å²) >= 11 is 0. The lowest BCUT2D eigenvalue weighted by Crippen LogP contribution is -2.29. The Morgan fingerprint density at radius 2 is 1.77 bits per heavy atom. The molecule has 2 aromatic rings. The lowest BCUT2D eigenvalue weighted by atomic mass is 10.1. The maximum atomic E-state index is 12.0. The average molecular weight is 318 g/mol. The summed E-state index contributed by atoms with van der Waals surface area (Å²) in [7, 11) is 0. The molecular formula is C17H20ClN3O. The van der Waals surface area contributed by atoms with Gasteiger partial charge in [0, 0.05) is 36.9 Å². The van der Waals surface area contributed by atoms with Crippen LogP contribution in [0.15, 0.2) is 48.8 Å². The fourth-order valence-electron chi connectivity index (χ4n) is 2.61. The van der Waals surface area contributed by atoms with Gasteiger partial charge in [-0.05, 0) is 55.7 Å². The van der Waals surface area contributed by atoms with Gasteiger partial charge < -0.3 is 10.2 Å². The number of aromatic nitrogens is 1. The van der Waals surface area contributed by atoms with Crippen LogP contribution in [0.3, 0.4) is 0 Å². The Morgan fingerprint density at radius 3 is 2.41 bits per heavy atom. The van der Waals surface area contributed by atoms with Crippen molar-refractivity contribution in [3.8, 4) is 0 Å². The van der Waals surface area contributed by atoms with Crippen LogP contribution >= 0.6 is 12.4 Å². The Hall–Kier alpha value is -2.07. The number of nitrogens with one attached hydrogen (secondary N) is 1. The number of hydrogen-bond acceptors (Lipinski definition) is 3. The number of halogens is 1. The summed E-state index contributed by atoms with van der Waals surface area (Å²) in [6, 6.07) is 11.6. The van der Waals surface area contributed by atoms with Crippen LogP contribution in [0.25, 0.3) is 0 Å². The Kier molecular flexibility index (Phi) is 5.78. The first kappa shape index (κ1) is 16.3. The highest BCUT2D eigenvalue weighted by molar-refractivity contribution is 6.04. The number of pyridine rings is 1. The minimum Gasteiger partial charge on any atom is -0.372 e. The van der Waals surface area contributed by atoms with Crippen LogP contribution in [0.1, 0.15) is 29.6 Å². The number of rotatable bonds is 3. The summed E-state index contributed by atoms with van der Waals surface area (Å²) < 4.78 is 0. The third-order valence-corrected chi connectivity index (χ3v) is 3.77. The lowest BCUT2D eigenvalue weighted by molar-refractivity contribution is 0.102. The highest BCUT2D eigenvalue weighted by Crippen LogP contribution is 2.22. The van der Waals surface area contributed by atoms with Gasteiger partial charge in [-0.3, -0.25) is 9.78 Å². The van der Waals surface area contributed by atoms with Gasteiger partial charge in [-0.15, -0.1) is 12.4 Å². The van der Waals surface area contributed by atoms with Crippen molar-refractivity contribution in [3.05, 3.63) is 54.4 Å². The molecule has 4 nitrogen and oxygen atoms in total. The van der Waals surface area contributed by atoms with E-state index in [1.807, 2.05) is 12.1 Å². The van der Waals surface area contributed by atoms with Gasteiger partial charge in [0.2, 0.25) is 0 Å². The third-order valence-electron chi connectivity index (χ3n) is 3.77. The summed E-state index contributed by atoms with van der Waals surface area (Å²) in [5.41, 5.74) is 2.61. The zero-order chi connectivity index (χ0) is 14.5. The Bertz CT molecular complexity index is 595. The molecule has 1 aromatic heterocycles. The van der Waals surface area contributed by atoms with E-state index in [1.54, 1.807) is 24.5 Å². The van der Waals surface area contributed by atoms with Gasteiger partial charge in [-0.25, -0.2) is 0 Å². The normalized spacial score (nSPS) is 14.1. The molecule has 0 saturated carbocycles. The number of nitrogens with zero attached hydrogens (tertiary/aromatic N) is 2. The number of carbonyl (C=O) groups excluding carboxylic acids is 1. The van der Waals surface area contributed by atoms with E-state index in [9.17, 15) is 4.79 Å². The quantitative estimate of drug-likeness (QED) is 0.937. The molecule has 0 aliphatic carbocycles. The molecule has 0 bridgehead atoms. The van der Waals surface area contributed by atoms with E-state index in [4.69, 9.17) is 0 Å². The van der Waals surface area contributed by atoms with E-state index in [0.29, 0.717) is 5.56 Å². The fourth-order valence-corrected chi connectivity index (χ4v) is 2.61. The van der Waals surface area contributed by atoms with E-state index in [0.717, 1.165) is 18.8 Å². The molecule has 0 unspecified atom stereocenters. The molecular weight excluding hydrogens is 298 g/mol. The van der Waals surface area contributed by atoms with Crippen LogP contribution in [-0.4, -0.2) is 24.0 Å². The molecule has 2 heterocycles. The second kappa shape index (κ2) is 7.80. The third kappa shape index (κ3) is 3.98. The van der Waals surface area contributed by atoms with Crippen LogP contribution in [0.5, 0.6) is 0 Å². The second-order valence-corrected chi connectivity index (χ2v) is 5.29. The number of hydrogen-bond donors (Lipinski definition) is 1. The molecule has 22 heavy (non-hydrogen) atoms. The van der Waals surface area contributed by atoms with Crippen LogP contribution < -0.4 is 10.2 Å². The highest BCUT2D eigenvalue weighted by atomic mass is 35.5. The molecule has 3 rings (SSSR count). The Morgan fingerprint density at radius 1 is 1.05 bits per heavy atom. The number of carbonyl (C=O) groups is 1. The first-order chi connectivity index (χ1) is 10.3. The number of anilines is 2. The molecule has 5 heteroatoms. The molecule has 1 N–H and O–H groups in total. The minimum atomic E-state index is -0.131. The summed E-state index contributed by atoms with van der Waals surface area (Å²) in [5, 5.41) is 2.89. The van der Waals surface area contributed by atoms with Crippen molar-refractivity contribution in [1.82, 2.24) is 4.98 Å². The lowest BCUT2D eigenvalue weighted by Gasteiger charge is -2.28. The molecule has 0 atom stereocenters. The molecule has 116 valence electrons. The monoisotopic (exact) mass is 317 g/mol. The summed E-state index contributed by atoms with van der Waals surface area (Å²) in [5.74, 6) is -0.131. The molecule has 0 spiro atoms. The zero-order valence-corrected chi connectivity index (χ0v) is 13.2. The average Bonchev–Trinajstić information content (AvgIpc) is 2.57. The van der Waals surface area contributed by atoms with Gasteiger partial charge in [0.25, 0.3) is 5.91 Å². The van der Waals surface area contributed by atoms with Crippen molar-refractivity contribution >= 4 is 29.7 Å². The summed E-state index contributed by atoms with van der Waals surface area (Å²) in [6.07, 6.45) is 7.08. The van der Waals surface area contributed by atoms with Crippen LogP contribution in [0.4, 0.5) is 11.4 Å². The molecule has 1 aliphatic rings. The second-order valence-electron chi connectivity index (χ2n) is 5.29. The first-order valence-corrected chi connectivity index (χ1v) is 7.39. The van der Waals surface area contributed by atoms with Crippen molar-refractivity contribution < 1.29 is 4.79 Å². The Labute approximate surface area is 137 Å². The van der Waals surface area contributed by atoms with Gasteiger partial charge >= 0.3 is 0 Å². The largest absolute Gasteiger partial charge is 0.372 e. The van der Waals surface area contributed by atoms with E-state index in [-0.39, 0.29) is 18.3 Å². The van der Waals surface area contributed by atoms with E-state index in [2.05, 4.69) is 27.3 Å². The number of piperidine rings is 1. The maximum absolute atomic E-state index is 12.0. The smallest absolute Gasteiger partial charge is 0.257 e. The molecule has 0 radical (unpaired) electrons. The molecule has 1 amide bonds. The predicted octanol–water partition coefficient (Wildman–Crippen LogP) is 3.75. The van der Waals surface area contributed by atoms with E-state index >= 15 is 0 Å². The van der Waals surface area contributed by atoms with Gasteiger partial charge in [0.05, 0.1) is 5.56 Å². The maximum Gasteiger partial charge on any atom is 0.257 e. The molecule has 1 aromatic carbocycles. The predicted molar refractivity (Wildman–Crippen MR) is 91.9 cm³/mol. The molecule has 1 aliphatic heterocycles. The zero-order valence-electron chi connectivity index (χ0n) is 12.4. The van der Waals surface area contributed by atoms with Crippen molar-refractivity contribution in [2.75, 3.05) is 23.3 Å². The fraction of sp³-hybridized carbons (Fsp3) is 0.294. The first-order valence-electron chi connectivity index (χ1n) is 7.39. The number of benzene rings is 1. The van der Waals surface area contributed by atoms with E-state index in [1.165, 1.54) is 24.9 Å². The number of amides is 1. The van der Waals surface area contributed by atoms with Crippen molar-refractivity contribution in [2.24, 2.45) is 0 Å². The van der Waals surface area contributed by atoms with Gasteiger partial charge in [-0.1, -0.05) is 0 Å².